The lowest BCUT2D eigenvalue weighted by atomic mass is 10.1. The van der Waals surface area contributed by atoms with Gasteiger partial charge in [-0.05, 0) is 61.7 Å². The molecule has 1 N–H and O–H groups in total. The van der Waals surface area contributed by atoms with Gasteiger partial charge in [0.1, 0.15) is 5.75 Å². The van der Waals surface area contributed by atoms with Crippen LogP contribution in [0, 0.1) is 5.92 Å². The van der Waals surface area contributed by atoms with E-state index in [0.29, 0.717) is 62.1 Å². The Labute approximate surface area is 201 Å². The van der Waals surface area contributed by atoms with Gasteiger partial charge in [-0.15, -0.1) is 0 Å². The molecule has 184 valence electrons. The SMILES string of the molecule is CCOc1ccc(NS(=O)(=O)c2cccc(C(=O)N3CCN(C(=O)CCC(C)C)CC3)c2)cc1. The van der Waals surface area contributed by atoms with Crippen molar-refractivity contribution in [1.29, 1.82) is 0 Å². The molecule has 1 aliphatic rings. The highest BCUT2D eigenvalue weighted by Crippen LogP contribution is 2.21. The number of nitrogens with one attached hydrogen (secondary N) is 1. The summed E-state index contributed by atoms with van der Waals surface area (Å²) >= 11 is 0. The molecule has 1 fully saturated rings. The molecule has 0 radical (unpaired) electrons. The summed E-state index contributed by atoms with van der Waals surface area (Å²) in [5.74, 6) is 1.00. The molecule has 0 spiro atoms. The number of ether oxygens (including phenoxy) is 1. The number of hydrogen-bond acceptors (Lipinski definition) is 5. The lowest BCUT2D eigenvalue weighted by molar-refractivity contribution is -0.132. The van der Waals surface area contributed by atoms with Crippen LogP contribution in [0.1, 0.15) is 44.0 Å². The van der Waals surface area contributed by atoms with Gasteiger partial charge in [0.05, 0.1) is 11.5 Å². The van der Waals surface area contributed by atoms with Gasteiger partial charge < -0.3 is 14.5 Å². The number of piperazine rings is 1. The lowest BCUT2D eigenvalue weighted by Gasteiger charge is -2.35. The van der Waals surface area contributed by atoms with E-state index < -0.39 is 10.0 Å². The maximum Gasteiger partial charge on any atom is 0.261 e. The molecule has 1 saturated heterocycles. The van der Waals surface area contributed by atoms with Crippen molar-refractivity contribution in [3.8, 4) is 5.75 Å². The molecule has 34 heavy (non-hydrogen) atoms. The number of anilines is 1. The number of rotatable bonds is 9. The van der Waals surface area contributed by atoms with Gasteiger partial charge in [0.25, 0.3) is 15.9 Å². The summed E-state index contributed by atoms with van der Waals surface area (Å²) in [7, 11) is -3.87. The molecule has 9 heteroatoms. The first-order valence-corrected chi connectivity index (χ1v) is 13.1. The first kappa shape index (κ1) is 25.6. The number of carbonyl (C=O) groups excluding carboxylic acids is 2. The van der Waals surface area contributed by atoms with Gasteiger partial charge in [-0.3, -0.25) is 14.3 Å². The van der Waals surface area contributed by atoms with Crippen LogP contribution in [0.15, 0.2) is 53.4 Å². The molecule has 0 saturated carbocycles. The number of hydrogen-bond donors (Lipinski definition) is 1. The van der Waals surface area contributed by atoms with Crippen molar-refractivity contribution in [3.63, 3.8) is 0 Å². The first-order valence-electron chi connectivity index (χ1n) is 11.6. The Morgan fingerprint density at radius 1 is 1.00 bits per heavy atom. The second kappa shape index (κ2) is 11.4. The molecule has 0 bridgehead atoms. The molecule has 0 atom stereocenters. The number of sulfonamides is 1. The smallest absolute Gasteiger partial charge is 0.261 e. The largest absolute Gasteiger partial charge is 0.494 e. The van der Waals surface area contributed by atoms with Crippen LogP contribution in [0.2, 0.25) is 0 Å². The summed E-state index contributed by atoms with van der Waals surface area (Å²) in [6, 6.07) is 12.6. The van der Waals surface area contributed by atoms with Gasteiger partial charge in [0.2, 0.25) is 5.91 Å². The van der Waals surface area contributed by atoms with E-state index in [0.717, 1.165) is 6.42 Å². The molecular weight excluding hydrogens is 454 g/mol. The predicted octanol–water partition coefficient (Wildman–Crippen LogP) is 3.61. The van der Waals surface area contributed by atoms with Gasteiger partial charge in [-0.2, -0.15) is 0 Å². The van der Waals surface area contributed by atoms with E-state index in [9.17, 15) is 18.0 Å². The van der Waals surface area contributed by atoms with Gasteiger partial charge in [0, 0.05) is 43.9 Å². The van der Waals surface area contributed by atoms with Crippen molar-refractivity contribution in [2.45, 2.75) is 38.5 Å². The van der Waals surface area contributed by atoms with Crippen LogP contribution in [-0.2, 0) is 14.8 Å². The topological polar surface area (TPSA) is 96.0 Å². The van der Waals surface area contributed by atoms with Crippen molar-refractivity contribution >= 4 is 27.5 Å². The first-order chi connectivity index (χ1) is 16.2. The average molecular weight is 488 g/mol. The quantitative estimate of drug-likeness (QED) is 0.583. The molecule has 8 nitrogen and oxygen atoms in total. The second-order valence-electron chi connectivity index (χ2n) is 8.70. The molecule has 3 rings (SSSR count). The highest BCUT2D eigenvalue weighted by molar-refractivity contribution is 7.92. The van der Waals surface area contributed by atoms with Crippen LogP contribution in [0.5, 0.6) is 5.75 Å². The Morgan fingerprint density at radius 2 is 1.65 bits per heavy atom. The maximum atomic E-state index is 13.0. The molecule has 1 heterocycles. The molecule has 0 unspecified atom stereocenters. The Morgan fingerprint density at radius 3 is 2.26 bits per heavy atom. The van der Waals surface area contributed by atoms with Crippen LogP contribution in [0.25, 0.3) is 0 Å². The molecule has 2 amide bonds. The summed E-state index contributed by atoms with van der Waals surface area (Å²) in [6.45, 7) is 8.40. The van der Waals surface area contributed by atoms with Gasteiger partial charge in [-0.1, -0.05) is 19.9 Å². The van der Waals surface area contributed by atoms with E-state index in [1.165, 1.54) is 12.1 Å². The van der Waals surface area contributed by atoms with Crippen molar-refractivity contribution in [3.05, 3.63) is 54.1 Å². The highest BCUT2D eigenvalue weighted by atomic mass is 32.2. The maximum absolute atomic E-state index is 13.0. The fraction of sp³-hybridized carbons (Fsp3) is 0.440. The van der Waals surface area contributed by atoms with Crippen molar-refractivity contribution < 1.29 is 22.7 Å². The van der Waals surface area contributed by atoms with Crippen LogP contribution in [0.3, 0.4) is 0 Å². The number of nitrogens with zero attached hydrogens (tertiary/aromatic N) is 2. The van der Waals surface area contributed by atoms with E-state index in [1.54, 1.807) is 46.2 Å². The summed E-state index contributed by atoms with van der Waals surface area (Å²) in [5, 5.41) is 0. The van der Waals surface area contributed by atoms with Gasteiger partial charge in [-0.25, -0.2) is 8.42 Å². The number of amides is 2. The Kier molecular flexibility index (Phi) is 8.55. The fourth-order valence-corrected chi connectivity index (χ4v) is 4.81. The monoisotopic (exact) mass is 487 g/mol. The van der Waals surface area contributed by atoms with Crippen LogP contribution < -0.4 is 9.46 Å². The minimum absolute atomic E-state index is 0.00901. The molecule has 2 aromatic carbocycles. The molecular formula is C25H33N3O5S. The fourth-order valence-electron chi connectivity index (χ4n) is 3.71. The molecule has 0 aromatic heterocycles. The Balaban J connectivity index is 1.63. The number of carbonyl (C=O) groups is 2. The highest BCUT2D eigenvalue weighted by Gasteiger charge is 2.25. The van der Waals surface area contributed by atoms with Crippen LogP contribution in [-0.4, -0.2) is 62.8 Å². The normalized spacial score (nSPS) is 14.2. The van der Waals surface area contributed by atoms with Crippen LogP contribution in [0.4, 0.5) is 5.69 Å². The third kappa shape index (κ3) is 6.72. The molecule has 1 aliphatic heterocycles. The summed E-state index contributed by atoms with van der Waals surface area (Å²) in [5.41, 5.74) is 0.701. The van der Waals surface area contributed by atoms with E-state index in [1.807, 2.05) is 6.92 Å². The second-order valence-corrected chi connectivity index (χ2v) is 10.4. The van der Waals surface area contributed by atoms with Crippen LogP contribution >= 0.6 is 0 Å². The number of benzene rings is 2. The third-order valence-corrected chi connectivity index (χ3v) is 7.04. The van der Waals surface area contributed by atoms with Gasteiger partial charge >= 0.3 is 0 Å². The van der Waals surface area contributed by atoms with Gasteiger partial charge in [0.15, 0.2) is 0 Å². The third-order valence-electron chi connectivity index (χ3n) is 5.66. The van der Waals surface area contributed by atoms with E-state index in [-0.39, 0.29) is 16.7 Å². The average Bonchev–Trinajstić information content (AvgIpc) is 2.83. The zero-order valence-corrected chi connectivity index (χ0v) is 20.8. The minimum Gasteiger partial charge on any atom is -0.494 e. The Hall–Kier alpha value is -3.07. The predicted molar refractivity (Wildman–Crippen MR) is 131 cm³/mol. The van der Waals surface area contributed by atoms with E-state index in [2.05, 4.69) is 18.6 Å². The lowest BCUT2D eigenvalue weighted by Crippen LogP contribution is -2.50. The Bertz CT molecular complexity index is 1090. The summed E-state index contributed by atoms with van der Waals surface area (Å²) in [4.78, 5) is 28.8. The van der Waals surface area contributed by atoms with Crippen molar-refractivity contribution in [1.82, 2.24) is 9.80 Å². The van der Waals surface area contributed by atoms with Crippen molar-refractivity contribution in [2.75, 3.05) is 37.5 Å². The molecule has 2 aromatic rings. The summed E-state index contributed by atoms with van der Waals surface area (Å²) < 4.78 is 33.7. The van der Waals surface area contributed by atoms with Crippen molar-refractivity contribution in [2.24, 2.45) is 5.92 Å². The minimum atomic E-state index is -3.87. The summed E-state index contributed by atoms with van der Waals surface area (Å²) in [6.07, 6.45) is 1.37. The molecule has 0 aliphatic carbocycles. The standard InChI is InChI=1S/C25H33N3O5S/c1-4-33-22-11-9-21(10-12-22)26-34(31,32)23-7-5-6-20(18-23)25(30)28-16-14-27(15-17-28)24(29)13-8-19(2)3/h5-7,9-12,18-19,26H,4,8,13-17H2,1-3H3. The zero-order valence-electron chi connectivity index (χ0n) is 20.0. The zero-order chi connectivity index (χ0) is 24.7. The van der Waals surface area contributed by atoms with E-state index in [4.69, 9.17) is 4.74 Å². The van der Waals surface area contributed by atoms with E-state index >= 15 is 0 Å².